The van der Waals surface area contributed by atoms with Gasteiger partial charge in [0.15, 0.2) is 0 Å². The molecule has 0 saturated carbocycles. The first-order chi connectivity index (χ1) is 10.8. The number of rotatable bonds is 11. The summed E-state index contributed by atoms with van der Waals surface area (Å²) in [7, 11) is 0. The van der Waals surface area contributed by atoms with Crippen LogP contribution in [0.3, 0.4) is 0 Å². The molecule has 0 aromatic carbocycles. The molecule has 132 valence electrons. The summed E-state index contributed by atoms with van der Waals surface area (Å²) in [6, 6.07) is -1.66. The Hall–Kier alpha value is -1.46. The third-order valence-electron chi connectivity index (χ3n) is 2.65. The van der Waals surface area contributed by atoms with E-state index in [4.69, 9.17) is 10.8 Å². The number of thioether (sulfide) groups is 1. The lowest BCUT2D eigenvalue weighted by Crippen LogP contribution is -2.53. The van der Waals surface area contributed by atoms with Crippen LogP contribution in [-0.4, -0.2) is 71.7 Å². The number of hydrogen-bond donors (Lipinski definition) is 6. The second-order valence-corrected chi connectivity index (χ2v) is 5.87. The van der Waals surface area contributed by atoms with Crippen molar-refractivity contribution in [2.45, 2.75) is 18.5 Å². The van der Waals surface area contributed by atoms with Crippen LogP contribution in [0.4, 0.5) is 0 Å². The highest BCUT2D eigenvalue weighted by molar-refractivity contribution is 7.98. The number of nitrogens with one attached hydrogen (secondary N) is 3. The largest absolute Gasteiger partial charge is 0.480 e. The van der Waals surface area contributed by atoms with Gasteiger partial charge in [-0.05, 0) is 18.4 Å². The summed E-state index contributed by atoms with van der Waals surface area (Å²) in [4.78, 5) is 45.3. The average Bonchev–Trinajstić information content (AvgIpc) is 2.52. The summed E-state index contributed by atoms with van der Waals surface area (Å²) >= 11 is 5.54. The first-order valence-electron chi connectivity index (χ1n) is 6.73. The topological polar surface area (TPSA) is 151 Å². The second-order valence-electron chi connectivity index (χ2n) is 4.52. The van der Waals surface area contributed by atoms with Crippen LogP contribution in [0.25, 0.3) is 0 Å². The predicted octanol–water partition coefficient (Wildman–Crippen LogP) is -2.20. The Balaban J connectivity index is 4.27. The number of amides is 3. The Morgan fingerprint density at radius 2 is 1.83 bits per heavy atom. The Morgan fingerprint density at radius 3 is 2.35 bits per heavy atom. The van der Waals surface area contributed by atoms with E-state index in [0.29, 0.717) is 6.42 Å². The predicted molar refractivity (Wildman–Crippen MR) is 90.4 cm³/mol. The van der Waals surface area contributed by atoms with Crippen LogP contribution in [0.1, 0.15) is 6.42 Å². The monoisotopic (exact) mass is 366 g/mol. The minimum atomic E-state index is -1.19. The zero-order valence-corrected chi connectivity index (χ0v) is 14.4. The molecule has 2 atom stereocenters. The van der Waals surface area contributed by atoms with Crippen LogP contribution in [-0.2, 0) is 19.2 Å². The van der Waals surface area contributed by atoms with Crippen molar-refractivity contribution >= 4 is 48.1 Å². The molecule has 0 fully saturated rings. The number of carbonyl (C=O) groups is 4. The average molecular weight is 366 g/mol. The standard InChI is InChI=1S/C12H22N4O5S2/c1-23-3-2-7(13)11(20)16-8(6-22)12(21)15-4-9(17)14-5-10(18)19/h7-8,22H,2-6,13H2,1H3,(H,14,17)(H,15,21)(H,16,20)(H,18,19). The highest BCUT2D eigenvalue weighted by Crippen LogP contribution is 1.99. The van der Waals surface area contributed by atoms with Crippen molar-refractivity contribution in [3.8, 4) is 0 Å². The number of aliphatic carboxylic acids is 1. The molecular formula is C12H22N4O5S2. The van der Waals surface area contributed by atoms with E-state index in [-0.39, 0.29) is 5.75 Å². The van der Waals surface area contributed by atoms with Crippen molar-refractivity contribution in [1.82, 2.24) is 16.0 Å². The van der Waals surface area contributed by atoms with Gasteiger partial charge in [-0.15, -0.1) is 0 Å². The molecule has 0 aromatic heterocycles. The maximum absolute atomic E-state index is 11.9. The molecule has 0 aliphatic heterocycles. The fourth-order valence-electron chi connectivity index (χ4n) is 1.38. The number of thiol groups is 1. The van der Waals surface area contributed by atoms with Crippen LogP contribution < -0.4 is 21.7 Å². The van der Waals surface area contributed by atoms with Crippen molar-refractivity contribution in [1.29, 1.82) is 0 Å². The van der Waals surface area contributed by atoms with Gasteiger partial charge < -0.3 is 26.8 Å². The molecule has 0 aromatic rings. The lowest BCUT2D eigenvalue weighted by atomic mass is 10.2. The molecule has 3 amide bonds. The number of carboxylic acid groups (broad SMARTS) is 1. The number of carboxylic acids is 1. The Bertz CT molecular complexity index is 436. The van der Waals surface area contributed by atoms with Crippen molar-refractivity contribution in [3.63, 3.8) is 0 Å². The summed E-state index contributed by atoms with van der Waals surface area (Å²) in [6.07, 6.45) is 2.37. The summed E-state index contributed by atoms with van der Waals surface area (Å²) in [5.74, 6) is -2.16. The van der Waals surface area contributed by atoms with Gasteiger partial charge in [0.1, 0.15) is 12.6 Å². The first-order valence-corrected chi connectivity index (χ1v) is 8.76. The molecule has 0 rings (SSSR count). The van der Waals surface area contributed by atoms with E-state index in [0.717, 1.165) is 5.75 Å². The van der Waals surface area contributed by atoms with E-state index in [1.807, 2.05) is 6.26 Å². The van der Waals surface area contributed by atoms with Gasteiger partial charge in [0.25, 0.3) is 0 Å². The third-order valence-corrected chi connectivity index (χ3v) is 3.65. The van der Waals surface area contributed by atoms with Gasteiger partial charge in [0, 0.05) is 5.75 Å². The Morgan fingerprint density at radius 1 is 1.17 bits per heavy atom. The normalized spacial score (nSPS) is 12.8. The first kappa shape index (κ1) is 21.5. The second kappa shape index (κ2) is 12.0. The molecule has 11 heteroatoms. The lowest BCUT2D eigenvalue weighted by molar-refractivity contribution is -0.138. The number of hydrogen-bond acceptors (Lipinski definition) is 7. The highest BCUT2D eigenvalue weighted by atomic mass is 32.2. The van der Waals surface area contributed by atoms with Gasteiger partial charge in [0.05, 0.1) is 12.6 Å². The summed E-state index contributed by atoms with van der Waals surface area (Å²) in [6.45, 7) is -0.934. The van der Waals surface area contributed by atoms with Gasteiger partial charge in [0.2, 0.25) is 17.7 Å². The smallest absolute Gasteiger partial charge is 0.322 e. The number of nitrogens with two attached hydrogens (primary N) is 1. The lowest BCUT2D eigenvalue weighted by Gasteiger charge is -2.19. The molecule has 6 N–H and O–H groups in total. The Kier molecular flexibility index (Phi) is 11.3. The minimum Gasteiger partial charge on any atom is -0.480 e. The van der Waals surface area contributed by atoms with Crippen molar-refractivity contribution in [2.24, 2.45) is 5.73 Å². The number of carbonyl (C=O) groups excluding carboxylic acids is 3. The van der Waals surface area contributed by atoms with E-state index >= 15 is 0 Å². The molecule has 0 spiro atoms. The molecular weight excluding hydrogens is 344 g/mol. The van der Waals surface area contributed by atoms with Crippen LogP contribution in [0.2, 0.25) is 0 Å². The third kappa shape index (κ3) is 10.0. The molecule has 0 bridgehead atoms. The zero-order valence-electron chi connectivity index (χ0n) is 12.7. The zero-order chi connectivity index (χ0) is 17.8. The molecule has 23 heavy (non-hydrogen) atoms. The van der Waals surface area contributed by atoms with Crippen molar-refractivity contribution in [2.75, 3.05) is 30.9 Å². The van der Waals surface area contributed by atoms with Crippen molar-refractivity contribution in [3.05, 3.63) is 0 Å². The van der Waals surface area contributed by atoms with Gasteiger partial charge in [-0.3, -0.25) is 19.2 Å². The molecule has 2 unspecified atom stereocenters. The van der Waals surface area contributed by atoms with Gasteiger partial charge in [-0.2, -0.15) is 24.4 Å². The maximum atomic E-state index is 11.9. The quantitative estimate of drug-likeness (QED) is 0.227. The fourth-order valence-corrected chi connectivity index (χ4v) is 2.12. The van der Waals surface area contributed by atoms with E-state index in [1.165, 1.54) is 0 Å². The Labute approximate surface area is 143 Å². The molecule has 0 heterocycles. The SMILES string of the molecule is CSCCC(N)C(=O)NC(CS)C(=O)NCC(=O)NCC(=O)O. The fraction of sp³-hybridized carbons (Fsp3) is 0.667. The van der Waals surface area contributed by atoms with E-state index < -0.39 is 48.9 Å². The van der Waals surface area contributed by atoms with Gasteiger partial charge >= 0.3 is 5.97 Å². The molecule has 0 aliphatic carbocycles. The molecule has 0 saturated heterocycles. The molecule has 9 nitrogen and oxygen atoms in total. The highest BCUT2D eigenvalue weighted by Gasteiger charge is 2.22. The van der Waals surface area contributed by atoms with Gasteiger partial charge in [-0.1, -0.05) is 0 Å². The van der Waals surface area contributed by atoms with Crippen LogP contribution in [0.15, 0.2) is 0 Å². The summed E-state index contributed by atoms with van der Waals surface area (Å²) < 4.78 is 0. The summed E-state index contributed by atoms with van der Waals surface area (Å²) in [5.41, 5.74) is 5.69. The van der Waals surface area contributed by atoms with E-state index in [2.05, 4.69) is 28.6 Å². The van der Waals surface area contributed by atoms with E-state index in [9.17, 15) is 19.2 Å². The van der Waals surface area contributed by atoms with Crippen LogP contribution >= 0.6 is 24.4 Å². The maximum Gasteiger partial charge on any atom is 0.322 e. The van der Waals surface area contributed by atoms with Crippen LogP contribution in [0, 0.1) is 0 Å². The molecule has 0 aliphatic rings. The van der Waals surface area contributed by atoms with E-state index in [1.54, 1.807) is 11.8 Å². The molecule has 0 radical (unpaired) electrons. The minimum absolute atomic E-state index is 0.0313. The summed E-state index contributed by atoms with van der Waals surface area (Å²) in [5, 5.41) is 15.3. The van der Waals surface area contributed by atoms with Gasteiger partial charge in [-0.25, -0.2) is 0 Å². The van der Waals surface area contributed by atoms with Crippen LogP contribution in [0.5, 0.6) is 0 Å². The van der Waals surface area contributed by atoms with Crippen molar-refractivity contribution < 1.29 is 24.3 Å².